The van der Waals surface area contributed by atoms with E-state index >= 15 is 0 Å². The van der Waals surface area contributed by atoms with Gasteiger partial charge in [-0.1, -0.05) is 0 Å². The fourth-order valence-electron chi connectivity index (χ4n) is 1.91. The van der Waals surface area contributed by atoms with Gasteiger partial charge in [0.2, 0.25) is 5.95 Å². The second kappa shape index (κ2) is 6.51. The summed E-state index contributed by atoms with van der Waals surface area (Å²) in [6.07, 6.45) is 2.92. The first-order valence-electron chi connectivity index (χ1n) is 6.24. The molecule has 1 aliphatic rings. The third-order valence-corrected chi connectivity index (χ3v) is 2.75. The van der Waals surface area contributed by atoms with E-state index in [0.29, 0.717) is 0 Å². The average Bonchev–Trinajstić information content (AvgIpc) is 2.59. The molecule has 0 aliphatic carbocycles. The maximum atomic E-state index is 5.44. The average molecular weight is 236 g/mol. The SMILES string of the molecule is CCNc1nccc(CN2CCCOCC2)n1. The quantitative estimate of drug-likeness (QED) is 0.849. The summed E-state index contributed by atoms with van der Waals surface area (Å²) in [5.41, 5.74) is 1.07. The largest absolute Gasteiger partial charge is 0.380 e. The monoisotopic (exact) mass is 236 g/mol. The van der Waals surface area contributed by atoms with Crippen LogP contribution in [0.25, 0.3) is 0 Å². The molecule has 2 heterocycles. The van der Waals surface area contributed by atoms with Crippen molar-refractivity contribution in [2.45, 2.75) is 19.9 Å². The maximum Gasteiger partial charge on any atom is 0.222 e. The van der Waals surface area contributed by atoms with E-state index in [4.69, 9.17) is 4.74 Å². The highest BCUT2D eigenvalue weighted by atomic mass is 16.5. The van der Waals surface area contributed by atoms with Crippen molar-refractivity contribution in [1.29, 1.82) is 0 Å². The summed E-state index contributed by atoms with van der Waals surface area (Å²) in [6, 6.07) is 1.98. The molecule has 1 saturated heterocycles. The fraction of sp³-hybridized carbons (Fsp3) is 0.667. The molecule has 0 aromatic carbocycles. The van der Waals surface area contributed by atoms with Gasteiger partial charge in [-0.25, -0.2) is 9.97 Å². The van der Waals surface area contributed by atoms with Gasteiger partial charge in [-0.05, 0) is 19.4 Å². The number of anilines is 1. The van der Waals surface area contributed by atoms with Crippen LogP contribution in [0.3, 0.4) is 0 Å². The predicted molar refractivity (Wildman–Crippen MR) is 66.9 cm³/mol. The Hall–Kier alpha value is -1.20. The summed E-state index contributed by atoms with van der Waals surface area (Å²) in [6.45, 7) is 7.54. The molecule has 0 radical (unpaired) electrons. The minimum absolute atomic E-state index is 0.719. The van der Waals surface area contributed by atoms with Gasteiger partial charge in [0.15, 0.2) is 0 Å². The van der Waals surface area contributed by atoms with Crippen molar-refractivity contribution in [3.05, 3.63) is 18.0 Å². The number of rotatable bonds is 4. The van der Waals surface area contributed by atoms with Crippen molar-refractivity contribution in [3.63, 3.8) is 0 Å². The number of nitrogens with one attached hydrogen (secondary N) is 1. The number of hydrogen-bond donors (Lipinski definition) is 1. The smallest absolute Gasteiger partial charge is 0.222 e. The molecule has 0 spiro atoms. The molecule has 5 heteroatoms. The topological polar surface area (TPSA) is 50.3 Å². The van der Waals surface area contributed by atoms with Crippen molar-refractivity contribution in [2.75, 3.05) is 38.2 Å². The molecule has 2 rings (SSSR count). The summed E-state index contributed by atoms with van der Waals surface area (Å²) in [7, 11) is 0. The lowest BCUT2D eigenvalue weighted by Crippen LogP contribution is -2.26. The molecule has 0 saturated carbocycles. The van der Waals surface area contributed by atoms with Crippen molar-refractivity contribution in [3.8, 4) is 0 Å². The van der Waals surface area contributed by atoms with Crippen molar-refractivity contribution in [1.82, 2.24) is 14.9 Å². The van der Waals surface area contributed by atoms with Gasteiger partial charge in [0.05, 0.1) is 12.3 Å². The molecule has 1 fully saturated rings. The zero-order valence-corrected chi connectivity index (χ0v) is 10.4. The molecule has 5 nitrogen and oxygen atoms in total. The van der Waals surface area contributed by atoms with E-state index in [1.165, 1.54) is 0 Å². The first-order valence-corrected chi connectivity index (χ1v) is 6.24. The molecular formula is C12H20N4O. The van der Waals surface area contributed by atoms with Crippen LogP contribution in [-0.4, -0.2) is 47.7 Å². The van der Waals surface area contributed by atoms with Crippen LogP contribution in [0.5, 0.6) is 0 Å². The molecule has 94 valence electrons. The first-order chi connectivity index (χ1) is 8.38. The Kier molecular flexibility index (Phi) is 4.70. The number of ether oxygens (including phenoxy) is 1. The lowest BCUT2D eigenvalue weighted by Gasteiger charge is -2.18. The molecule has 1 N–H and O–H groups in total. The second-order valence-corrected chi connectivity index (χ2v) is 4.14. The Morgan fingerprint density at radius 3 is 3.24 bits per heavy atom. The molecule has 0 atom stereocenters. The van der Waals surface area contributed by atoms with Crippen molar-refractivity contribution in [2.24, 2.45) is 0 Å². The van der Waals surface area contributed by atoms with E-state index in [1.807, 2.05) is 19.2 Å². The van der Waals surface area contributed by atoms with E-state index < -0.39 is 0 Å². The summed E-state index contributed by atoms with van der Waals surface area (Å²) < 4.78 is 5.44. The number of nitrogens with zero attached hydrogens (tertiary/aromatic N) is 3. The van der Waals surface area contributed by atoms with Crippen molar-refractivity contribution >= 4 is 5.95 Å². The van der Waals surface area contributed by atoms with Gasteiger partial charge < -0.3 is 10.1 Å². The second-order valence-electron chi connectivity index (χ2n) is 4.14. The molecule has 1 aliphatic heterocycles. The Labute approximate surface area is 102 Å². The first kappa shape index (κ1) is 12.3. The van der Waals surface area contributed by atoms with Gasteiger partial charge in [-0.15, -0.1) is 0 Å². The Bertz CT molecular complexity index is 337. The molecule has 0 amide bonds. The number of hydrogen-bond acceptors (Lipinski definition) is 5. The van der Waals surface area contributed by atoms with Gasteiger partial charge in [0.1, 0.15) is 0 Å². The minimum Gasteiger partial charge on any atom is -0.380 e. The van der Waals surface area contributed by atoms with E-state index in [1.54, 1.807) is 0 Å². The predicted octanol–water partition coefficient (Wildman–Crippen LogP) is 1.13. The highest BCUT2D eigenvalue weighted by Gasteiger charge is 2.10. The summed E-state index contributed by atoms with van der Waals surface area (Å²) in [5.74, 6) is 0.719. The summed E-state index contributed by atoms with van der Waals surface area (Å²) in [5, 5.41) is 3.13. The van der Waals surface area contributed by atoms with Crippen LogP contribution in [0.1, 0.15) is 19.0 Å². The van der Waals surface area contributed by atoms with Gasteiger partial charge in [-0.3, -0.25) is 4.90 Å². The standard InChI is InChI=1S/C12H20N4O/c1-2-13-12-14-5-4-11(15-12)10-16-6-3-8-17-9-7-16/h4-5H,2-3,6-10H2,1H3,(H,13,14,15). The van der Waals surface area contributed by atoms with Crippen LogP contribution in [0.2, 0.25) is 0 Å². The van der Waals surface area contributed by atoms with Crippen LogP contribution < -0.4 is 5.32 Å². The van der Waals surface area contributed by atoms with Crippen LogP contribution in [0, 0.1) is 0 Å². The molecule has 1 aromatic rings. The Morgan fingerprint density at radius 1 is 1.41 bits per heavy atom. The molecule has 1 aromatic heterocycles. The molecule has 0 bridgehead atoms. The molecule has 17 heavy (non-hydrogen) atoms. The van der Waals surface area contributed by atoms with E-state index in [2.05, 4.69) is 20.2 Å². The Morgan fingerprint density at radius 2 is 2.35 bits per heavy atom. The lowest BCUT2D eigenvalue weighted by molar-refractivity contribution is 0.140. The van der Waals surface area contributed by atoms with Gasteiger partial charge in [0.25, 0.3) is 0 Å². The zero-order valence-electron chi connectivity index (χ0n) is 10.4. The Balaban J connectivity index is 1.94. The lowest BCUT2D eigenvalue weighted by atomic mass is 10.3. The molecule has 0 unspecified atom stereocenters. The van der Waals surface area contributed by atoms with Crippen LogP contribution in [0.4, 0.5) is 5.95 Å². The van der Waals surface area contributed by atoms with Gasteiger partial charge in [0, 0.05) is 39.0 Å². The summed E-state index contributed by atoms with van der Waals surface area (Å²) in [4.78, 5) is 11.0. The molecular weight excluding hydrogens is 216 g/mol. The third kappa shape index (κ3) is 3.94. The zero-order chi connectivity index (χ0) is 11.9. The van der Waals surface area contributed by atoms with Gasteiger partial charge >= 0.3 is 0 Å². The number of aromatic nitrogens is 2. The normalized spacial score (nSPS) is 17.7. The third-order valence-electron chi connectivity index (χ3n) is 2.75. The van der Waals surface area contributed by atoms with Crippen LogP contribution >= 0.6 is 0 Å². The summed E-state index contributed by atoms with van der Waals surface area (Å²) >= 11 is 0. The van der Waals surface area contributed by atoms with Crippen LogP contribution in [0.15, 0.2) is 12.3 Å². The van der Waals surface area contributed by atoms with E-state index in [-0.39, 0.29) is 0 Å². The van der Waals surface area contributed by atoms with E-state index in [9.17, 15) is 0 Å². The van der Waals surface area contributed by atoms with Crippen molar-refractivity contribution < 1.29 is 4.74 Å². The van der Waals surface area contributed by atoms with Gasteiger partial charge in [-0.2, -0.15) is 0 Å². The highest BCUT2D eigenvalue weighted by Crippen LogP contribution is 2.07. The maximum absolute atomic E-state index is 5.44. The van der Waals surface area contributed by atoms with Crippen LogP contribution in [-0.2, 0) is 11.3 Å². The fourth-order valence-corrected chi connectivity index (χ4v) is 1.91. The minimum atomic E-state index is 0.719. The van der Waals surface area contributed by atoms with E-state index in [0.717, 1.165) is 57.5 Å². The highest BCUT2D eigenvalue weighted by molar-refractivity contribution is 5.24.